The fraction of sp³-hybridized carbons (Fsp3) is 0.500. The van der Waals surface area contributed by atoms with Gasteiger partial charge in [-0.3, -0.25) is 0 Å². The Hall–Kier alpha value is -0.380. The Kier molecular flexibility index (Phi) is 6.12. The van der Waals surface area contributed by atoms with Crippen molar-refractivity contribution in [2.75, 3.05) is 14.1 Å². The molecule has 0 fully saturated rings. The molecule has 0 radical (unpaired) electrons. The lowest BCUT2D eigenvalue weighted by Gasteiger charge is -1.90. The summed E-state index contributed by atoms with van der Waals surface area (Å²) in [6.45, 7) is 3.13. The number of hydrogen-bond donors (Lipinski definition) is 2. The third-order valence-corrected chi connectivity index (χ3v) is 2.15. The molecule has 3 N–H and O–H groups in total. The van der Waals surface area contributed by atoms with Crippen LogP contribution in [-0.2, 0) is 6.54 Å². The van der Waals surface area contributed by atoms with Crippen molar-refractivity contribution in [2.24, 2.45) is 5.73 Å². The molecule has 0 aromatic carbocycles. The second-order valence-electron chi connectivity index (χ2n) is 2.04. The van der Waals surface area contributed by atoms with E-state index in [1.807, 2.05) is 18.4 Å². The van der Waals surface area contributed by atoms with E-state index in [-0.39, 0.29) is 0 Å². The van der Waals surface area contributed by atoms with Crippen molar-refractivity contribution < 1.29 is 0 Å². The summed E-state index contributed by atoms with van der Waals surface area (Å²) in [5.74, 6) is 0. The molecule has 0 spiro atoms. The lowest BCUT2D eigenvalue weighted by Crippen LogP contribution is -2.02. The van der Waals surface area contributed by atoms with E-state index in [0.29, 0.717) is 0 Å². The molecule has 0 saturated carbocycles. The van der Waals surface area contributed by atoms with Crippen LogP contribution in [-0.4, -0.2) is 14.1 Å². The zero-order valence-corrected chi connectivity index (χ0v) is 8.16. The predicted octanol–water partition coefficient (Wildman–Crippen LogP) is 1.35. The monoisotopic (exact) mass is 172 g/mol. The van der Waals surface area contributed by atoms with Gasteiger partial charge in [-0.2, -0.15) is 0 Å². The van der Waals surface area contributed by atoms with Crippen LogP contribution in [0.4, 0.5) is 0 Å². The van der Waals surface area contributed by atoms with E-state index in [1.54, 1.807) is 0 Å². The lowest BCUT2D eigenvalue weighted by molar-refractivity contribution is 0.831. The summed E-state index contributed by atoms with van der Waals surface area (Å²) in [7, 11) is 3.47. The van der Waals surface area contributed by atoms with Crippen molar-refractivity contribution in [1.29, 1.82) is 0 Å². The van der Waals surface area contributed by atoms with Crippen LogP contribution in [0.15, 0.2) is 12.1 Å². The topological polar surface area (TPSA) is 38.0 Å². The van der Waals surface area contributed by atoms with Gasteiger partial charge in [0, 0.05) is 16.3 Å². The van der Waals surface area contributed by atoms with Gasteiger partial charge in [0.15, 0.2) is 0 Å². The maximum Gasteiger partial charge on any atom is 0.0296 e. The van der Waals surface area contributed by atoms with Crippen LogP contribution >= 0.6 is 11.3 Å². The summed E-state index contributed by atoms with van der Waals surface area (Å²) in [5.41, 5.74) is 4.50. The molecule has 3 heteroatoms. The van der Waals surface area contributed by atoms with E-state index >= 15 is 0 Å². The summed E-state index contributed by atoms with van der Waals surface area (Å²) < 4.78 is 0. The average Bonchev–Trinajstić information content (AvgIpc) is 2.41. The Morgan fingerprint density at radius 1 is 1.45 bits per heavy atom. The van der Waals surface area contributed by atoms with Gasteiger partial charge in [0.05, 0.1) is 0 Å². The molecule has 0 aliphatic rings. The first-order valence-electron chi connectivity index (χ1n) is 3.60. The Morgan fingerprint density at radius 3 is 2.45 bits per heavy atom. The van der Waals surface area contributed by atoms with Crippen molar-refractivity contribution in [3.63, 3.8) is 0 Å². The molecule has 0 aliphatic carbocycles. The smallest absolute Gasteiger partial charge is 0.0296 e. The Bertz CT molecular complexity index is 184. The molecule has 2 nitrogen and oxygen atoms in total. The first-order chi connectivity index (χ1) is 5.33. The first-order valence-corrected chi connectivity index (χ1v) is 4.42. The molecule has 0 aliphatic heterocycles. The molecule has 1 rings (SSSR count). The number of thiophene rings is 1. The zero-order valence-electron chi connectivity index (χ0n) is 7.35. The minimum Gasteiger partial charge on any atom is -0.333 e. The van der Waals surface area contributed by atoms with Crippen LogP contribution in [0, 0.1) is 6.92 Å². The van der Waals surface area contributed by atoms with E-state index < -0.39 is 0 Å². The van der Waals surface area contributed by atoms with E-state index in [1.165, 1.54) is 16.8 Å². The fourth-order valence-electron chi connectivity index (χ4n) is 0.754. The molecule has 0 bridgehead atoms. The highest BCUT2D eigenvalue weighted by Crippen LogP contribution is 2.13. The largest absolute Gasteiger partial charge is 0.333 e. The highest BCUT2D eigenvalue weighted by atomic mass is 32.1. The van der Waals surface area contributed by atoms with Crippen LogP contribution in [0.25, 0.3) is 0 Å². The van der Waals surface area contributed by atoms with Crippen LogP contribution in [0.2, 0.25) is 0 Å². The molecule has 0 unspecified atom stereocenters. The van der Waals surface area contributed by atoms with Crippen molar-refractivity contribution >= 4 is 11.3 Å². The molecule has 11 heavy (non-hydrogen) atoms. The van der Waals surface area contributed by atoms with Crippen molar-refractivity contribution in [3.8, 4) is 0 Å². The molecule has 0 amide bonds. The van der Waals surface area contributed by atoms with Gasteiger partial charge < -0.3 is 11.1 Å². The molecule has 0 saturated heterocycles. The number of nitrogens with one attached hydrogen (secondary N) is 1. The van der Waals surface area contributed by atoms with Gasteiger partial charge in [-0.15, -0.1) is 11.3 Å². The Labute approximate surface area is 72.4 Å². The van der Waals surface area contributed by atoms with Crippen LogP contribution in [0.5, 0.6) is 0 Å². The van der Waals surface area contributed by atoms with Gasteiger partial charge in [-0.25, -0.2) is 0 Å². The molecular weight excluding hydrogens is 156 g/mol. The van der Waals surface area contributed by atoms with Gasteiger partial charge in [0.1, 0.15) is 0 Å². The number of aryl methyl sites for hydroxylation is 1. The second kappa shape index (κ2) is 6.34. The maximum absolute atomic E-state index is 4.50. The molecule has 0 atom stereocenters. The normalized spacial score (nSPS) is 8.73. The predicted molar refractivity (Wildman–Crippen MR) is 51.9 cm³/mol. The van der Waals surface area contributed by atoms with E-state index in [2.05, 4.69) is 30.1 Å². The summed E-state index contributed by atoms with van der Waals surface area (Å²) in [5, 5.41) is 3.11. The van der Waals surface area contributed by atoms with E-state index in [9.17, 15) is 0 Å². The van der Waals surface area contributed by atoms with Gasteiger partial charge in [-0.05, 0) is 33.2 Å². The molecule has 1 aromatic heterocycles. The van der Waals surface area contributed by atoms with Crippen molar-refractivity contribution in [2.45, 2.75) is 13.5 Å². The Balaban J connectivity index is 0.000000461. The molecule has 1 aromatic rings. The SMILES string of the molecule is CN.CNCc1ccc(C)s1. The summed E-state index contributed by atoms with van der Waals surface area (Å²) >= 11 is 1.85. The van der Waals surface area contributed by atoms with Crippen molar-refractivity contribution in [1.82, 2.24) is 5.32 Å². The maximum atomic E-state index is 4.50. The second-order valence-corrected chi connectivity index (χ2v) is 3.42. The zero-order chi connectivity index (χ0) is 8.69. The van der Waals surface area contributed by atoms with Gasteiger partial charge >= 0.3 is 0 Å². The highest BCUT2D eigenvalue weighted by Gasteiger charge is 1.91. The fourth-order valence-corrected chi connectivity index (χ4v) is 1.66. The van der Waals surface area contributed by atoms with Gasteiger partial charge in [0.25, 0.3) is 0 Å². The van der Waals surface area contributed by atoms with Gasteiger partial charge in [-0.1, -0.05) is 0 Å². The molecule has 64 valence electrons. The molecule has 1 heterocycles. The molecular formula is C8H16N2S. The van der Waals surface area contributed by atoms with E-state index in [0.717, 1.165) is 6.54 Å². The lowest BCUT2D eigenvalue weighted by atomic mass is 10.4. The standard InChI is InChI=1S/C7H11NS.CH5N/c1-6-3-4-7(9-6)5-8-2;1-2/h3-4,8H,5H2,1-2H3;2H2,1H3. The minimum atomic E-state index is 0.999. The Morgan fingerprint density at radius 2 is 2.09 bits per heavy atom. The minimum absolute atomic E-state index is 0.999. The van der Waals surface area contributed by atoms with Crippen molar-refractivity contribution in [3.05, 3.63) is 21.9 Å². The number of nitrogens with two attached hydrogens (primary N) is 1. The average molecular weight is 172 g/mol. The summed E-state index contributed by atoms with van der Waals surface area (Å²) in [6.07, 6.45) is 0. The first kappa shape index (κ1) is 10.6. The third kappa shape index (κ3) is 4.14. The summed E-state index contributed by atoms with van der Waals surface area (Å²) in [4.78, 5) is 2.80. The number of rotatable bonds is 2. The highest BCUT2D eigenvalue weighted by molar-refractivity contribution is 7.11. The third-order valence-electron chi connectivity index (χ3n) is 1.15. The van der Waals surface area contributed by atoms with Gasteiger partial charge in [0.2, 0.25) is 0 Å². The quantitative estimate of drug-likeness (QED) is 0.706. The van der Waals surface area contributed by atoms with E-state index in [4.69, 9.17) is 0 Å². The van der Waals surface area contributed by atoms with Crippen LogP contribution in [0.1, 0.15) is 9.75 Å². The van der Waals surface area contributed by atoms with Crippen LogP contribution in [0.3, 0.4) is 0 Å². The number of hydrogen-bond acceptors (Lipinski definition) is 3. The summed E-state index contributed by atoms with van der Waals surface area (Å²) in [6, 6.07) is 4.31. The van der Waals surface area contributed by atoms with Crippen LogP contribution < -0.4 is 11.1 Å².